The predicted molar refractivity (Wildman–Crippen MR) is 53.6 cm³/mol. The fraction of sp³-hybridized carbons (Fsp3) is 0.900. The van der Waals surface area contributed by atoms with Crippen LogP contribution in [0.15, 0.2) is 0 Å². The number of carbonyl (C=O) groups is 1. The molecule has 1 atom stereocenters. The first-order chi connectivity index (χ1) is 6.29. The Morgan fingerprint density at radius 2 is 2.31 bits per heavy atom. The zero-order valence-electron chi connectivity index (χ0n) is 8.68. The number of nitrogens with one attached hydrogen (secondary N) is 1. The molecular weight excluding hydrogens is 164 g/mol. The molecule has 1 aliphatic rings. The van der Waals surface area contributed by atoms with Crippen molar-refractivity contribution in [3.05, 3.63) is 0 Å². The fourth-order valence-corrected chi connectivity index (χ4v) is 1.81. The van der Waals surface area contributed by atoms with Gasteiger partial charge in [-0.25, -0.2) is 0 Å². The molecule has 0 spiro atoms. The lowest BCUT2D eigenvalue weighted by molar-refractivity contribution is -0.134. The molecule has 3 heteroatoms. The Bertz CT molecular complexity index is 170. The van der Waals surface area contributed by atoms with E-state index in [2.05, 4.69) is 19.2 Å². The summed E-state index contributed by atoms with van der Waals surface area (Å²) in [5.41, 5.74) is 0. The topological polar surface area (TPSA) is 32.3 Å². The van der Waals surface area contributed by atoms with Crippen molar-refractivity contribution in [3.8, 4) is 0 Å². The zero-order valence-corrected chi connectivity index (χ0v) is 8.68. The first kappa shape index (κ1) is 10.5. The van der Waals surface area contributed by atoms with Crippen LogP contribution in [0.1, 0.15) is 33.1 Å². The number of piperazine rings is 1. The van der Waals surface area contributed by atoms with Gasteiger partial charge in [-0.3, -0.25) is 4.79 Å². The molecule has 0 aromatic carbocycles. The van der Waals surface area contributed by atoms with Crippen LogP contribution in [0.3, 0.4) is 0 Å². The lowest BCUT2D eigenvalue weighted by Gasteiger charge is -2.35. The Morgan fingerprint density at radius 3 is 2.92 bits per heavy atom. The van der Waals surface area contributed by atoms with Crippen LogP contribution in [0.4, 0.5) is 0 Å². The molecule has 0 radical (unpaired) electrons. The van der Waals surface area contributed by atoms with E-state index in [0.717, 1.165) is 32.5 Å². The van der Waals surface area contributed by atoms with Crippen molar-refractivity contribution >= 4 is 5.91 Å². The molecule has 1 unspecified atom stereocenters. The summed E-state index contributed by atoms with van der Waals surface area (Å²) < 4.78 is 0. The van der Waals surface area contributed by atoms with Gasteiger partial charge in [0, 0.05) is 32.1 Å². The van der Waals surface area contributed by atoms with Crippen LogP contribution >= 0.6 is 0 Å². The molecule has 1 fully saturated rings. The van der Waals surface area contributed by atoms with Crippen molar-refractivity contribution < 1.29 is 4.79 Å². The van der Waals surface area contributed by atoms with Crippen molar-refractivity contribution in [2.45, 2.75) is 39.2 Å². The molecule has 1 aliphatic heterocycles. The Kier molecular flexibility index (Phi) is 4.22. The van der Waals surface area contributed by atoms with E-state index in [9.17, 15) is 4.79 Å². The highest BCUT2D eigenvalue weighted by atomic mass is 16.2. The Morgan fingerprint density at radius 1 is 1.54 bits per heavy atom. The van der Waals surface area contributed by atoms with Gasteiger partial charge in [0.1, 0.15) is 0 Å². The number of nitrogens with zero attached hydrogens (tertiary/aromatic N) is 1. The normalized spacial score (nSPS) is 23.2. The summed E-state index contributed by atoms with van der Waals surface area (Å²) in [6.45, 7) is 7.00. The number of hydrogen-bond donors (Lipinski definition) is 1. The molecule has 0 bridgehead atoms. The molecule has 0 aromatic heterocycles. The third kappa shape index (κ3) is 2.69. The van der Waals surface area contributed by atoms with Crippen molar-refractivity contribution in [3.63, 3.8) is 0 Å². The number of amides is 1. The summed E-state index contributed by atoms with van der Waals surface area (Å²) in [6, 6.07) is 0.424. The number of carbonyl (C=O) groups excluding carboxylic acids is 1. The third-order valence-electron chi connectivity index (χ3n) is 2.61. The predicted octanol–water partition coefficient (Wildman–Crippen LogP) is 0.997. The highest BCUT2D eigenvalue weighted by Gasteiger charge is 2.23. The SMILES string of the molecule is CCCC(=O)N1CCNCC1CC. The second kappa shape index (κ2) is 5.22. The molecule has 0 saturated carbocycles. The molecule has 0 aliphatic carbocycles. The van der Waals surface area contributed by atoms with Crippen molar-refractivity contribution in [1.29, 1.82) is 0 Å². The summed E-state index contributed by atoms with van der Waals surface area (Å²) in [7, 11) is 0. The van der Waals surface area contributed by atoms with Crippen molar-refractivity contribution in [1.82, 2.24) is 10.2 Å². The minimum absolute atomic E-state index is 0.329. The Labute approximate surface area is 80.5 Å². The van der Waals surface area contributed by atoms with Crippen LogP contribution in [0.5, 0.6) is 0 Å². The van der Waals surface area contributed by atoms with Gasteiger partial charge in [-0.05, 0) is 12.8 Å². The van der Waals surface area contributed by atoms with Gasteiger partial charge in [0.25, 0.3) is 0 Å². The maximum Gasteiger partial charge on any atom is 0.222 e. The van der Waals surface area contributed by atoms with Gasteiger partial charge in [0.15, 0.2) is 0 Å². The minimum Gasteiger partial charge on any atom is -0.337 e. The van der Waals surface area contributed by atoms with E-state index >= 15 is 0 Å². The van der Waals surface area contributed by atoms with Gasteiger partial charge >= 0.3 is 0 Å². The summed E-state index contributed by atoms with van der Waals surface area (Å²) in [5.74, 6) is 0.329. The molecule has 0 aromatic rings. The third-order valence-corrected chi connectivity index (χ3v) is 2.61. The minimum atomic E-state index is 0.329. The molecule has 1 amide bonds. The molecule has 3 nitrogen and oxygen atoms in total. The monoisotopic (exact) mass is 184 g/mol. The average molecular weight is 184 g/mol. The van der Waals surface area contributed by atoms with Crippen molar-refractivity contribution in [2.24, 2.45) is 0 Å². The van der Waals surface area contributed by atoms with Gasteiger partial charge in [0.05, 0.1) is 0 Å². The first-order valence-corrected chi connectivity index (χ1v) is 5.29. The van der Waals surface area contributed by atoms with E-state index in [1.165, 1.54) is 0 Å². The second-order valence-corrected chi connectivity index (χ2v) is 3.60. The van der Waals surface area contributed by atoms with Crippen LogP contribution in [-0.2, 0) is 4.79 Å². The number of rotatable bonds is 3. The highest BCUT2D eigenvalue weighted by Crippen LogP contribution is 2.09. The lowest BCUT2D eigenvalue weighted by atomic mass is 10.1. The smallest absolute Gasteiger partial charge is 0.222 e. The first-order valence-electron chi connectivity index (χ1n) is 5.29. The van der Waals surface area contributed by atoms with E-state index in [1.807, 2.05) is 4.90 Å². The van der Waals surface area contributed by atoms with Crippen LogP contribution in [0, 0.1) is 0 Å². The summed E-state index contributed by atoms with van der Waals surface area (Å²) in [5, 5.41) is 3.32. The van der Waals surface area contributed by atoms with Crippen LogP contribution in [0.2, 0.25) is 0 Å². The molecule has 13 heavy (non-hydrogen) atoms. The van der Waals surface area contributed by atoms with Gasteiger partial charge in [0.2, 0.25) is 5.91 Å². The maximum atomic E-state index is 11.7. The average Bonchev–Trinajstić information content (AvgIpc) is 2.18. The van der Waals surface area contributed by atoms with E-state index in [1.54, 1.807) is 0 Å². The summed E-state index contributed by atoms with van der Waals surface area (Å²) in [4.78, 5) is 13.7. The van der Waals surface area contributed by atoms with Gasteiger partial charge < -0.3 is 10.2 Å². The Balaban J connectivity index is 2.48. The van der Waals surface area contributed by atoms with Gasteiger partial charge in [-0.15, -0.1) is 0 Å². The van der Waals surface area contributed by atoms with Gasteiger partial charge in [-0.2, -0.15) is 0 Å². The van der Waals surface area contributed by atoms with Crippen LogP contribution in [0.25, 0.3) is 0 Å². The molecule has 1 N–H and O–H groups in total. The molecule has 1 heterocycles. The number of hydrogen-bond acceptors (Lipinski definition) is 2. The fourth-order valence-electron chi connectivity index (χ4n) is 1.81. The van der Waals surface area contributed by atoms with Gasteiger partial charge in [-0.1, -0.05) is 13.8 Å². The maximum absolute atomic E-state index is 11.7. The molecule has 1 rings (SSSR count). The van der Waals surface area contributed by atoms with E-state index in [-0.39, 0.29) is 0 Å². The largest absolute Gasteiger partial charge is 0.337 e. The molecule has 76 valence electrons. The lowest BCUT2D eigenvalue weighted by Crippen LogP contribution is -2.53. The van der Waals surface area contributed by atoms with E-state index in [0.29, 0.717) is 18.4 Å². The van der Waals surface area contributed by atoms with E-state index < -0.39 is 0 Å². The molecule has 1 saturated heterocycles. The summed E-state index contributed by atoms with van der Waals surface area (Å²) >= 11 is 0. The quantitative estimate of drug-likeness (QED) is 0.709. The van der Waals surface area contributed by atoms with E-state index in [4.69, 9.17) is 0 Å². The Hall–Kier alpha value is -0.570. The molecular formula is C10H20N2O. The van der Waals surface area contributed by atoms with Crippen LogP contribution < -0.4 is 5.32 Å². The highest BCUT2D eigenvalue weighted by molar-refractivity contribution is 5.76. The second-order valence-electron chi connectivity index (χ2n) is 3.60. The van der Waals surface area contributed by atoms with Crippen molar-refractivity contribution in [2.75, 3.05) is 19.6 Å². The van der Waals surface area contributed by atoms with Crippen LogP contribution in [-0.4, -0.2) is 36.5 Å². The zero-order chi connectivity index (χ0) is 9.68. The summed E-state index contributed by atoms with van der Waals surface area (Å²) in [6.07, 6.45) is 2.72. The standard InChI is InChI=1S/C10H20N2O/c1-3-5-10(13)12-7-6-11-8-9(12)4-2/h9,11H,3-8H2,1-2H3.